The minimum atomic E-state index is -0.420. The molecule has 0 aliphatic carbocycles. The highest BCUT2D eigenvalue weighted by molar-refractivity contribution is 6.32. The number of halogens is 1. The van der Waals surface area contributed by atoms with E-state index in [-0.39, 0.29) is 18.4 Å². The van der Waals surface area contributed by atoms with Crippen LogP contribution in [0.2, 0.25) is 5.02 Å². The quantitative estimate of drug-likeness (QED) is 0.730. The van der Waals surface area contributed by atoms with Crippen molar-refractivity contribution in [2.75, 3.05) is 32.8 Å². The van der Waals surface area contributed by atoms with Gasteiger partial charge in [-0.1, -0.05) is 54.1 Å². The van der Waals surface area contributed by atoms with Crippen LogP contribution in [0.15, 0.2) is 54.6 Å². The largest absolute Gasteiger partial charge is 0.482 e. The highest BCUT2D eigenvalue weighted by Crippen LogP contribution is 2.40. The third-order valence-electron chi connectivity index (χ3n) is 6.01. The van der Waals surface area contributed by atoms with Crippen molar-refractivity contribution in [3.63, 3.8) is 0 Å². The molecule has 0 aromatic heterocycles. The molecule has 1 atom stereocenters. The zero-order valence-electron chi connectivity index (χ0n) is 16.4. The van der Waals surface area contributed by atoms with E-state index in [4.69, 9.17) is 16.3 Å². The number of carbonyl (C=O) groups is 2. The van der Waals surface area contributed by atoms with Crippen LogP contribution in [-0.2, 0) is 16.0 Å². The summed E-state index contributed by atoms with van der Waals surface area (Å²) < 4.78 is 5.58. The van der Waals surface area contributed by atoms with Crippen molar-refractivity contribution in [3.8, 4) is 5.75 Å². The average Bonchev–Trinajstić information content (AvgIpc) is 3.31. The average molecular weight is 413 g/mol. The van der Waals surface area contributed by atoms with Crippen molar-refractivity contribution >= 4 is 23.4 Å². The van der Waals surface area contributed by atoms with Gasteiger partial charge < -0.3 is 14.5 Å². The molecule has 29 heavy (non-hydrogen) atoms. The summed E-state index contributed by atoms with van der Waals surface area (Å²) >= 11 is 6.07. The number of likely N-dealkylation sites (tertiary alicyclic amines) is 2. The number of amides is 2. The van der Waals surface area contributed by atoms with Crippen molar-refractivity contribution < 1.29 is 14.3 Å². The Hall–Kier alpha value is -2.53. The first-order valence-corrected chi connectivity index (χ1v) is 10.4. The molecule has 0 radical (unpaired) electrons. The van der Waals surface area contributed by atoms with Crippen LogP contribution in [0.5, 0.6) is 5.75 Å². The van der Waals surface area contributed by atoms with Crippen molar-refractivity contribution in [1.29, 1.82) is 0 Å². The Labute approximate surface area is 176 Å². The summed E-state index contributed by atoms with van der Waals surface area (Å²) in [5.74, 6) is 0.591. The van der Waals surface area contributed by atoms with Gasteiger partial charge in [0.1, 0.15) is 5.75 Å². The first-order chi connectivity index (χ1) is 14.1. The van der Waals surface area contributed by atoms with Crippen LogP contribution in [0.1, 0.15) is 18.4 Å². The molecule has 0 bridgehead atoms. The topological polar surface area (TPSA) is 49.9 Å². The SMILES string of the molecule is O=C(COc1ccccc1Cl)N1CCC2(CCN(CCc3ccccc3)C2=O)C1. The maximum atomic E-state index is 13.1. The zero-order valence-corrected chi connectivity index (χ0v) is 17.1. The van der Waals surface area contributed by atoms with Gasteiger partial charge in [0.05, 0.1) is 10.4 Å². The third kappa shape index (κ3) is 4.25. The number of nitrogens with zero attached hydrogens (tertiary/aromatic N) is 2. The van der Waals surface area contributed by atoms with Gasteiger partial charge in [0.25, 0.3) is 5.91 Å². The Bertz CT molecular complexity index is 889. The highest BCUT2D eigenvalue weighted by atomic mass is 35.5. The summed E-state index contributed by atoms with van der Waals surface area (Å²) in [5.41, 5.74) is 0.817. The fourth-order valence-corrected chi connectivity index (χ4v) is 4.46. The maximum Gasteiger partial charge on any atom is 0.260 e. The molecule has 2 saturated heterocycles. The lowest BCUT2D eigenvalue weighted by Crippen LogP contribution is -2.40. The van der Waals surface area contributed by atoms with Crippen molar-refractivity contribution in [2.24, 2.45) is 5.41 Å². The molecule has 2 aromatic rings. The lowest BCUT2D eigenvalue weighted by atomic mass is 9.85. The predicted molar refractivity (Wildman–Crippen MR) is 112 cm³/mol. The molecular weight excluding hydrogens is 388 g/mol. The molecule has 5 nitrogen and oxygen atoms in total. The Balaban J connectivity index is 1.31. The van der Waals surface area contributed by atoms with E-state index in [0.29, 0.717) is 23.9 Å². The lowest BCUT2D eigenvalue weighted by Gasteiger charge is -2.24. The number of hydrogen-bond acceptors (Lipinski definition) is 3. The van der Waals surface area contributed by atoms with E-state index < -0.39 is 5.41 Å². The number of rotatable bonds is 6. The van der Waals surface area contributed by atoms with Crippen LogP contribution in [-0.4, -0.2) is 54.4 Å². The highest BCUT2D eigenvalue weighted by Gasteiger charge is 2.51. The fraction of sp³-hybridized carbons (Fsp3) is 0.391. The van der Waals surface area contributed by atoms with Crippen LogP contribution in [0.25, 0.3) is 0 Å². The van der Waals surface area contributed by atoms with Crippen molar-refractivity contribution in [2.45, 2.75) is 19.3 Å². The second kappa shape index (κ2) is 8.46. The van der Waals surface area contributed by atoms with Crippen LogP contribution < -0.4 is 4.74 Å². The first-order valence-electron chi connectivity index (χ1n) is 10.1. The van der Waals surface area contributed by atoms with E-state index >= 15 is 0 Å². The van der Waals surface area contributed by atoms with E-state index in [1.807, 2.05) is 35.2 Å². The van der Waals surface area contributed by atoms with Gasteiger partial charge in [0, 0.05) is 26.2 Å². The number of benzene rings is 2. The summed E-state index contributed by atoms with van der Waals surface area (Å²) in [6.07, 6.45) is 2.40. The Morgan fingerprint density at radius 2 is 1.76 bits per heavy atom. The third-order valence-corrected chi connectivity index (χ3v) is 6.32. The van der Waals surface area contributed by atoms with E-state index in [2.05, 4.69) is 12.1 Å². The molecule has 0 N–H and O–H groups in total. The molecule has 152 valence electrons. The smallest absolute Gasteiger partial charge is 0.260 e. The van der Waals surface area contributed by atoms with E-state index in [0.717, 1.165) is 32.4 Å². The normalized spacial score (nSPS) is 21.2. The molecule has 2 heterocycles. The van der Waals surface area contributed by atoms with Crippen LogP contribution in [0.3, 0.4) is 0 Å². The summed E-state index contributed by atoms with van der Waals surface area (Å²) in [4.78, 5) is 29.4. The molecule has 2 amide bonds. The van der Waals surface area contributed by atoms with Gasteiger partial charge in [-0.2, -0.15) is 0 Å². The molecule has 2 aliphatic heterocycles. The van der Waals surface area contributed by atoms with Gasteiger partial charge in [-0.25, -0.2) is 0 Å². The number of ether oxygens (including phenoxy) is 1. The Morgan fingerprint density at radius 3 is 2.55 bits per heavy atom. The molecule has 2 aliphatic rings. The predicted octanol–water partition coefficient (Wildman–Crippen LogP) is 3.41. The summed E-state index contributed by atoms with van der Waals surface area (Å²) in [6.45, 7) is 2.52. The summed E-state index contributed by atoms with van der Waals surface area (Å²) in [6, 6.07) is 17.3. The zero-order chi connectivity index (χ0) is 20.3. The van der Waals surface area contributed by atoms with E-state index in [1.165, 1.54) is 5.56 Å². The van der Waals surface area contributed by atoms with Gasteiger partial charge in [0.2, 0.25) is 5.91 Å². The van der Waals surface area contributed by atoms with Gasteiger partial charge >= 0.3 is 0 Å². The minimum absolute atomic E-state index is 0.0638. The molecule has 4 rings (SSSR count). The second-order valence-corrected chi connectivity index (χ2v) is 8.25. The number of carbonyl (C=O) groups excluding carboxylic acids is 2. The van der Waals surface area contributed by atoms with E-state index in [1.54, 1.807) is 17.0 Å². The molecule has 1 unspecified atom stereocenters. The number of para-hydroxylation sites is 1. The van der Waals surface area contributed by atoms with Crippen molar-refractivity contribution in [1.82, 2.24) is 9.80 Å². The van der Waals surface area contributed by atoms with Gasteiger partial charge in [-0.15, -0.1) is 0 Å². The second-order valence-electron chi connectivity index (χ2n) is 7.84. The molecule has 2 aromatic carbocycles. The molecule has 6 heteroatoms. The van der Waals surface area contributed by atoms with Crippen LogP contribution in [0.4, 0.5) is 0 Å². The first kappa shape index (κ1) is 19.8. The fourth-order valence-electron chi connectivity index (χ4n) is 4.27. The van der Waals surface area contributed by atoms with Crippen LogP contribution in [0, 0.1) is 5.41 Å². The van der Waals surface area contributed by atoms with E-state index in [9.17, 15) is 9.59 Å². The standard InChI is InChI=1S/C23H25ClN2O3/c24-19-8-4-5-9-20(19)29-16-21(27)26-15-12-23(17-26)11-14-25(22(23)28)13-10-18-6-2-1-3-7-18/h1-9H,10-17H2. The summed E-state index contributed by atoms with van der Waals surface area (Å²) in [5, 5.41) is 0.484. The maximum absolute atomic E-state index is 13.1. The van der Waals surface area contributed by atoms with Gasteiger partial charge in [0.15, 0.2) is 6.61 Å². The van der Waals surface area contributed by atoms with Crippen molar-refractivity contribution in [3.05, 3.63) is 65.2 Å². The Kier molecular flexibility index (Phi) is 5.76. The summed E-state index contributed by atoms with van der Waals surface area (Å²) in [7, 11) is 0. The molecular formula is C23H25ClN2O3. The lowest BCUT2D eigenvalue weighted by molar-refractivity contribution is -0.137. The van der Waals surface area contributed by atoms with Crippen LogP contribution >= 0.6 is 11.6 Å². The number of hydrogen-bond donors (Lipinski definition) is 0. The monoisotopic (exact) mass is 412 g/mol. The molecule has 1 spiro atoms. The minimum Gasteiger partial charge on any atom is -0.482 e. The van der Waals surface area contributed by atoms with Gasteiger partial charge in [-0.3, -0.25) is 9.59 Å². The molecule has 0 saturated carbocycles. The molecule has 2 fully saturated rings. The van der Waals surface area contributed by atoms with Gasteiger partial charge in [-0.05, 0) is 37.0 Å². The Morgan fingerprint density at radius 1 is 1.03 bits per heavy atom.